The van der Waals surface area contributed by atoms with E-state index in [9.17, 15) is 5.11 Å². The fourth-order valence-electron chi connectivity index (χ4n) is 2.26. The van der Waals surface area contributed by atoms with E-state index in [1.54, 1.807) is 34.8 Å². The number of hydrogen-bond donors (Lipinski definition) is 1. The van der Waals surface area contributed by atoms with Crippen LogP contribution in [0.15, 0.2) is 66.7 Å². The van der Waals surface area contributed by atoms with Crippen LogP contribution in [0.3, 0.4) is 0 Å². The summed E-state index contributed by atoms with van der Waals surface area (Å²) in [6.07, 6.45) is 0. The Hall–Kier alpha value is -3.41. The maximum absolute atomic E-state index is 9.50. The molecular weight excluding hydrogens is 292 g/mol. The Labute approximate surface area is 131 Å². The van der Waals surface area contributed by atoms with Crippen molar-refractivity contribution in [1.82, 2.24) is 19.8 Å². The van der Waals surface area contributed by atoms with Crippen molar-refractivity contribution in [2.24, 2.45) is 0 Å². The van der Waals surface area contributed by atoms with E-state index in [1.165, 1.54) is 6.07 Å². The summed E-state index contributed by atoms with van der Waals surface area (Å²) in [6.45, 7) is 0. The largest absolute Gasteiger partial charge is 0.508 e. The van der Waals surface area contributed by atoms with E-state index in [1.807, 2.05) is 30.3 Å². The lowest BCUT2D eigenvalue weighted by molar-refractivity contribution is 0.439. The molecule has 0 aliphatic heterocycles. The van der Waals surface area contributed by atoms with Gasteiger partial charge in [-0.3, -0.25) is 0 Å². The quantitative estimate of drug-likeness (QED) is 0.629. The van der Waals surface area contributed by atoms with Gasteiger partial charge in [-0.2, -0.15) is 4.52 Å². The third-order valence-electron chi connectivity index (χ3n) is 3.31. The predicted octanol–water partition coefficient (Wildman–Crippen LogP) is 3.29. The van der Waals surface area contributed by atoms with Crippen LogP contribution in [0.5, 0.6) is 17.4 Å². The van der Waals surface area contributed by atoms with Crippen LogP contribution < -0.4 is 4.74 Å². The third-order valence-corrected chi connectivity index (χ3v) is 3.31. The van der Waals surface area contributed by atoms with Gasteiger partial charge in [-0.1, -0.05) is 36.4 Å². The molecule has 0 saturated heterocycles. The van der Waals surface area contributed by atoms with E-state index >= 15 is 0 Å². The normalized spacial score (nSPS) is 10.8. The van der Waals surface area contributed by atoms with Crippen LogP contribution in [0, 0.1) is 0 Å². The number of aromatic nitrogens is 4. The molecule has 2 aromatic heterocycles. The number of phenolic OH excluding ortho intramolecular Hbond substituents is 1. The Balaban J connectivity index is 1.75. The minimum absolute atomic E-state index is 0.137. The van der Waals surface area contributed by atoms with Crippen LogP contribution >= 0.6 is 0 Å². The summed E-state index contributed by atoms with van der Waals surface area (Å²) in [5.74, 6) is 1.67. The molecular formula is C17H12N4O2. The zero-order valence-electron chi connectivity index (χ0n) is 12.0. The molecule has 0 unspecified atom stereocenters. The van der Waals surface area contributed by atoms with E-state index in [0.717, 1.165) is 5.56 Å². The van der Waals surface area contributed by atoms with Crippen molar-refractivity contribution in [3.05, 3.63) is 66.7 Å². The first-order valence-electron chi connectivity index (χ1n) is 7.04. The maximum atomic E-state index is 9.50. The van der Waals surface area contributed by atoms with Gasteiger partial charge in [-0.05, 0) is 18.2 Å². The van der Waals surface area contributed by atoms with Crippen molar-refractivity contribution in [2.45, 2.75) is 0 Å². The fraction of sp³-hybridized carbons (Fsp3) is 0. The molecule has 1 N–H and O–H groups in total. The average Bonchev–Trinajstić information content (AvgIpc) is 2.99. The Morgan fingerprint density at radius 1 is 0.870 bits per heavy atom. The Kier molecular flexibility index (Phi) is 3.12. The lowest BCUT2D eigenvalue weighted by Gasteiger charge is -2.05. The first kappa shape index (κ1) is 13.3. The van der Waals surface area contributed by atoms with Gasteiger partial charge in [-0.15, -0.1) is 15.3 Å². The Morgan fingerprint density at radius 2 is 1.74 bits per heavy atom. The fourth-order valence-corrected chi connectivity index (χ4v) is 2.26. The smallest absolute Gasteiger partial charge is 0.237 e. The third kappa shape index (κ3) is 2.57. The zero-order chi connectivity index (χ0) is 15.6. The van der Waals surface area contributed by atoms with Crippen LogP contribution in [0.25, 0.3) is 17.0 Å². The monoisotopic (exact) mass is 304 g/mol. The highest BCUT2D eigenvalue weighted by atomic mass is 16.5. The van der Waals surface area contributed by atoms with Crippen LogP contribution in [-0.4, -0.2) is 24.9 Å². The van der Waals surface area contributed by atoms with Crippen molar-refractivity contribution >= 4 is 5.65 Å². The summed E-state index contributed by atoms with van der Waals surface area (Å²) >= 11 is 0. The van der Waals surface area contributed by atoms with Gasteiger partial charge >= 0.3 is 0 Å². The molecule has 6 heteroatoms. The molecule has 0 radical (unpaired) electrons. The van der Waals surface area contributed by atoms with Crippen LogP contribution in [0.2, 0.25) is 0 Å². The number of rotatable bonds is 3. The van der Waals surface area contributed by atoms with Gasteiger partial charge in [0.15, 0.2) is 11.5 Å². The highest BCUT2D eigenvalue weighted by molar-refractivity contribution is 5.58. The lowest BCUT2D eigenvalue weighted by atomic mass is 10.2. The van der Waals surface area contributed by atoms with Gasteiger partial charge < -0.3 is 9.84 Å². The first-order chi connectivity index (χ1) is 11.3. The van der Waals surface area contributed by atoms with Gasteiger partial charge in [0.25, 0.3) is 0 Å². The van der Waals surface area contributed by atoms with E-state index in [0.29, 0.717) is 23.1 Å². The molecule has 112 valence electrons. The molecule has 0 amide bonds. The van der Waals surface area contributed by atoms with Crippen LogP contribution in [0.1, 0.15) is 0 Å². The molecule has 4 aromatic rings. The van der Waals surface area contributed by atoms with Crippen LogP contribution in [0.4, 0.5) is 0 Å². The molecule has 6 nitrogen and oxygen atoms in total. The first-order valence-corrected chi connectivity index (χ1v) is 7.04. The molecule has 0 saturated carbocycles. The van der Waals surface area contributed by atoms with Crippen molar-refractivity contribution in [3.8, 4) is 28.8 Å². The molecule has 23 heavy (non-hydrogen) atoms. The Bertz CT molecular complexity index is 967. The molecule has 2 aromatic carbocycles. The maximum Gasteiger partial charge on any atom is 0.237 e. The number of benzene rings is 2. The van der Waals surface area contributed by atoms with Crippen molar-refractivity contribution in [3.63, 3.8) is 0 Å². The van der Waals surface area contributed by atoms with Gasteiger partial charge in [0.2, 0.25) is 5.88 Å². The molecule has 2 heterocycles. The number of ether oxygens (including phenoxy) is 1. The number of aromatic hydroxyl groups is 1. The van der Waals surface area contributed by atoms with E-state index < -0.39 is 0 Å². The van der Waals surface area contributed by atoms with Gasteiger partial charge in [0.1, 0.15) is 11.5 Å². The standard InChI is InChI=1S/C17H12N4O2/c22-13-7-4-8-14(11-13)23-16-10-9-15-18-19-17(21(15)20-16)12-5-2-1-3-6-12/h1-11,22H. The van der Waals surface area contributed by atoms with Gasteiger partial charge in [-0.25, -0.2) is 0 Å². The number of hydrogen-bond acceptors (Lipinski definition) is 5. The summed E-state index contributed by atoms with van der Waals surface area (Å²) in [5.41, 5.74) is 1.55. The second kappa shape index (κ2) is 5.42. The zero-order valence-corrected chi connectivity index (χ0v) is 12.0. The number of fused-ring (bicyclic) bond motifs is 1. The molecule has 0 bridgehead atoms. The van der Waals surface area contributed by atoms with E-state index in [2.05, 4.69) is 15.3 Å². The molecule has 0 aliphatic carbocycles. The summed E-state index contributed by atoms with van der Waals surface area (Å²) in [5, 5.41) is 22.2. The molecule has 0 aliphatic rings. The van der Waals surface area contributed by atoms with Crippen LogP contribution in [-0.2, 0) is 0 Å². The number of nitrogens with zero attached hydrogens (tertiary/aromatic N) is 4. The minimum atomic E-state index is 0.137. The molecule has 4 rings (SSSR count). The predicted molar refractivity (Wildman–Crippen MR) is 84.4 cm³/mol. The summed E-state index contributed by atoms with van der Waals surface area (Å²) in [6, 6.07) is 19.7. The van der Waals surface area contributed by atoms with Crippen molar-refractivity contribution in [2.75, 3.05) is 0 Å². The number of phenols is 1. The summed E-state index contributed by atoms with van der Waals surface area (Å²) < 4.78 is 7.31. The second-order valence-corrected chi connectivity index (χ2v) is 4.93. The topological polar surface area (TPSA) is 72.5 Å². The highest BCUT2D eigenvalue weighted by Crippen LogP contribution is 2.24. The highest BCUT2D eigenvalue weighted by Gasteiger charge is 2.10. The molecule has 0 atom stereocenters. The SMILES string of the molecule is Oc1cccc(Oc2ccc3nnc(-c4ccccc4)n3n2)c1. The second-order valence-electron chi connectivity index (χ2n) is 4.93. The molecule has 0 fully saturated rings. The van der Waals surface area contributed by atoms with Gasteiger partial charge in [0.05, 0.1) is 0 Å². The Morgan fingerprint density at radius 3 is 2.57 bits per heavy atom. The lowest BCUT2D eigenvalue weighted by Crippen LogP contribution is -1.97. The molecule has 0 spiro atoms. The summed E-state index contributed by atoms with van der Waals surface area (Å²) in [7, 11) is 0. The van der Waals surface area contributed by atoms with Crippen molar-refractivity contribution < 1.29 is 9.84 Å². The van der Waals surface area contributed by atoms with E-state index in [-0.39, 0.29) is 5.75 Å². The van der Waals surface area contributed by atoms with Crippen molar-refractivity contribution in [1.29, 1.82) is 0 Å². The van der Waals surface area contributed by atoms with E-state index in [4.69, 9.17) is 4.74 Å². The average molecular weight is 304 g/mol. The summed E-state index contributed by atoms with van der Waals surface area (Å²) in [4.78, 5) is 0. The minimum Gasteiger partial charge on any atom is -0.508 e. The van der Waals surface area contributed by atoms with Gasteiger partial charge in [0, 0.05) is 17.7 Å².